The van der Waals surface area contributed by atoms with Gasteiger partial charge in [-0.2, -0.15) is 53.9 Å². The van der Waals surface area contributed by atoms with Crippen LogP contribution in [0.3, 0.4) is 0 Å². The van der Waals surface area contributed by atoms with E-state index in [1.54, 1.807) is 9.97 Å². The zero-order valence-corrected chi connectivity index (χ0v) is 48.6. The molecule has 0 radical (unpaired) electrons. The lowest BCUT2D eigenvalue weighted by molar-refractivity contribution is 0.0707. The molecule has 36 heteroatoms. The third-order valence-corrected chi connectivity index (χ3v) is 16.5. The molecule has 0 atom stereocenters. The lowest BCUT2D eigenvalue weighted by Crippen LogP contribution is -2.46. The summed E-state index contributed by atoms with van der Waals surface area (Å²) in [5.41, 5.74) is -5.57. The monoisotopic (exact) mass is 1330 g/mol. The first-order valence-electron chi connectivity index (χ1n) is 23.7. The number of aliphatic hydroxyl groups excluding tert-OH is 2. The van der Waals surface area contributed by atoms with Crippen LogP contribution < -0.4 is 36.7 Å². The molecule has 2 fully saturated rings. The highest BCUT2D eigenvalue weighted by molar-refractivity contribution is 7.90. The maximum absolute atomic E-state index is 13.4. The molecule has 22 nitrogen and oxygen atoms in total. The van der Waals surface area contributed by atoms with Crippen LogP contribution in [0, 0.1) is 0 Å². The Balaban J connectivity index is 0.000000227. The van der Waals surface area contributed by atoms with Gasteiger partial charge in [-0.1, -0.05) is 76.7 Å². The molecule has 9 rings (SSSR count). The molecule has 4 aromatic heterocycles. The van der Waals surface area contributed by atoms with Crippen molar-refractivity contribution in [3.8, 4) is 22.9 Å². The predicted molar refractivity (Wildman–Crippen MR) is 299 cm³/mol. The Hall–Kier alpha value is -5.67. The molecule has 7 N–H and O–H groups in total. The summed E-state index contributed by atoms with van der Waals surface area (Å²) in [5.74, 6) is -0.581. The van der Waals surface area contributed by atoms with E-state index in [-0.39, 0.29) is 104 Å². The second kappa shape index (κ2) is 27.6. The van der Waals surface area contributed by atoms with E-state index in [1.165, 1.54) is 36.5 Å². The lowest BCUT2D eigenvalue weighted by atomic mass is 9.91. The van der Waals surface area contributed by atoms with Crippen LogP contribution >= 0.6 is 80.8 Å². The number of aliphatic hydroxyl groups is 2. The fraction of sp³-hybridized carbons (Fsp3) is 0.277. The number of alkyl halides is 4. The van der Waals surface area contributed by atoms with Gasteiger partial charge in [0, 0.05) is 56.4 Å². The number of sulfonamides is 2. The van der Waals surface area contributed by atoms with Crippen LogP contribution in [0.2, 0.25) is 20.1 Å². The molecular formula is C47H40BCl7F4N10O12S2. The molecule has 83 heavy (non-hydrogen) atoms. The Morgan fingerprint density at radius 3 is 1.42 bits per heavy atom. The van der Waals surface area contributed by atoms with Crippen LogP contribution in [0.15, 0.2) is 108 Å². The summed E-state index contributed by atoms with van der Waals surface area (Å²) < 4.78 is 116. The quantitative estimate of drug-likeness (QED) is 0.0361. The number of aromatic nitrogens is 8. The van der Waals surface area contributed by atoms with Gasteiger partial charge in [0.2, 0.25) is 20.0 Å². The van der Waals surface area contributed by atoms with Crippen molar-refractivity contribution in [3.63, 3.8) is 0 Å². The Morgan fingerprint density at radius 1 is 0.639 bits per heavy atom. The van der Waals surface area contributed by atoms with Crippen LogP contribution in [0.5, 0.6) is 11.5 Å². The van der Waals surface area contributed by atoms with E-state index in [0.29, 0.717) is 14.9 Å². The molecule has 2 aliphatic carbocycles. The summed E-state index contributed by atoms with van der Waals surface area (Å²) >= 11 is 39.9. The number of halogens is 11. The van der Waals surface area contributed by atoms with Gasteiger partial charge in [0.1, 0.15) is 16.4 Å². The fourth-order valence-electron chi connectivity index (χ4n) is 7.92. The Bertz CT molecular complexity index is 3970. The van der Waals surface area contributed by atoms with Gasteiger partial charge >= 0.3 is 16.3 Å². The van der Waals surface area contributed by atoms with E-state index < -0.39 is 107 Å². The number of nitrogens with one attached hydrogen (secondary N) is 4. The van der Waals surface area contributed by atoms with Crippen LogP contribution in [0.4, 0.5) is 17.6 Å². The average molecular weight is 1340 g/mol. The van der Waals surface area contributed by atoms with E-state index in [2.05, 4.69) is 29.6 Å². The largest absolute Gasteiger partial charge is 0.505 e. The van der Waals surface area contributed by atoms with Gasteiger partial charge in [0.15, 0.2) is 22.9 Å². The molecule has 0 aliphatic heterocycles. The number of pyridine rings is 2. The van der Waals surface area contributed by atoms with Crippen molar-refractivity contribution < 1.29 is 54.5 Å². The number of aromatic hydroxyl groups is 1. The van der Waals surface area contributed by atoms with E-state index in [1.807, 2.05) is 30.3 Å². The molecule has 0 amide bonds. The van der Waals surface area contributed by atoms with E-state index in [0.717, 1.165) is 17.8 Å². The first-order chi connectivity index (χ1) is 39.0. The Morgan fingerprint density at radius 2 is 1.02 bits per heavy atom. The zero-order valence-electron chi connectivity index (χ0n) is 41.7. The second-order valence-electron chi connectivity index (χ2n) is 18.0. The van der Waals surface area contributed by atoms with Gasteiger partial charge in [-0.15, -0.1) is 0 Å². The van der Waals surface area contributed by atoms with Crippen LogP contribution in [0.1, 0.15) is 78.0 Å². The SMILES string of the molecule is ClB(Cl)Cl.O=c1[nH]c(=O)n(-c2cc(Cl)c(Cc3cc(S(=O)(=O)NC4CC(O)C4)c(O)cn3)c(Cl)c2)nc1C(F)F.O=c1[nH]c(=O)n(-c2cc(Cl)c(Cc3cc(S(=O)(=O)NC4CC(O)C4)c(OCc4ccccc4)cn3)c(Cl)c2)nc1C(F)F. The highest BCUT2D eigenvalue weighted by Gasteiger charge is 2.34. The number of hydrogen-bond acceptors (Lipinski definition) is 16. The maximum Gasteiger partial charge on any atom is 0.450 e. The first kappa shape index (κ1) is 64.9. The van der Waals surface area contributed by atoms with Crippen molar-refractivity contribution in [2.24, 2.45) is 0 Å². The van der Waals surface area contributed by atoms with Gasteiger partial charge in [-0.05, 0) is 78.8 Å². The number of benzene rings is 3. The maximum atomic E-state index is 13.4. The van der Waals surface area contributed by atoms with Gasteiger partial charge in [-0.3, -0.25) is 29.5 Å². The smallest absolute Gasteiger partial charge is 0.450 e. The van der Waals surface area contributed by atoms with Crippen molar-refractivity contribution in [1.29, 1.82) is 0 Å². The number of hydrogen-bond donors (Lipinski definition) is 7. The topological polar surface area (TPSA) is 324 Å². The molecule has 0 bridgehead atoms. The van der Waals surface area contributed by atoms with Crippen LogP contribution in [0.25, 0.3) is 11.4 Å². The summed E-state index contributed by atoms with van der Waals surface area (Å²) in [5, 5.41) is 35.8. The average Bonchev–Trinajstić information content (AvgIpc) is 3.58. The van der Waals surface area contributed by atoms with Crippen LogP contribution in [-0.4, -0.2) is 101 Å². The minimum absolute atomic E-state index is 0.00168. The van der Waals surface area contributed by atoms with Gasteiger partial charge in [0.25, 0.3) is 24.0 Å². The molecule has 2 saturated carbocycles. The van der Waals surface area contributed by atoms with E-state index in [9.17, 15) is 68.9 Å². The van der Waals surface area contributed by atoms with Crippen molar-refractivity contribution >= 4 is 106 Å². The van der Waals surface area contributed by atoms with Crippen molar-refractivity contribution in [2.75, 3.05) is 0 Å². The van der Waals surface area contributed by atoms with E-state index in [4.69, 9.17) is 85.5 Å². The Labute approximate surface area is 501 Å². The molecule has 0 unspecified atom stereocenters. The molecule has 2 aliphatic rings. The molecule has 3 aromatic carbocycles. The molecule has 4 heterocycles. The molecule has 0 saturated heterocycles. The summed E-state index contributed by atoms with van der Waals surface area (Å²) in [4.78, 5) is 58.0. The number of nitrogens with zero attached hydrogens (tertiary/aromatic N) is 6. The summed E-state index contributed by atoms with van der Waals surface area (Å²) in [7, 11) is -8.23. The summed E-state index contributed by atoms with van der Waals surface area (Å²) in [6.07, 6.45) is -4.51. The second-order valence-corrected chi connectivity index (χ2v) is 25.0. The van der Waals surface area contributed by atoms with Gasteiger partial charge in [-0.25, -0.2) is 53.4 Å². The third kappa shape index (κ3) is 16.6. The summed E-state index contributed by atoms with van der Waals surface area (Å²) in [6.45, 7) is 0.0804. The normalized spacial score (nSPS) is 16.7. The summed E-state index contributed by atoms with van der Waals surface area (Å²) in [6, 6.07) is 15.6. The number of aromatic amines is 2. The Kier molecular flexibility index (Phi) is 21.6. The predicted octanol–water partition coefficient (Wildman–Crippen LogP) is 6.88. The van der Waals surface area contributed by atoms with Crippen molar-refractivity contribution in [3.05, 3.63) is 180 Å². The van der Waals surface area contributed by atoms with Gasteiger partial charge in [0.05, 0.1) is 36.0 Å². The fourth-order valence-corrected chi connectivity index (χ4v) is 11.9. The first-order valence-corrected chi connectivity index (χ1v) is 29.4. The van der Waals surface area contributed by atoms with Crippen LogP contribution in [-0.2, 0) is 39.5 Å². The minimum Gasteiger partial charge on any atom is -0.505 e. The lowest BCUT2D eigenvalue weighted by Gasteiger charge is -2.31. The number of ether oxygens (including phenoxy) is 1. The number of rotatable bonds is 17. The molecular weight excluding hydrogens is 1300 g/mol. The standard InChI is InChI=1S/C27H23Cl2F2N5O6S.C20H17Cl2F2N5O6S.BCl3/c28-20-10-17(36-27(39)33-26(38)24(34-36)25(30)31)11-21(29)19(20)8-15-9-23(43(40,41)35-16-6-18(37)7-16)22(12-32-15)42-13-14-4-2-1-3-5-14;21-13-5-10(29-20(33)26-19(32)17(27-29)18(23)24)6-14(22)12(13)3-8-4-16(15(31)7-25-8)36(34,35)28-9-1-11(30)2-9;2-1(3)4/h1-5,9-12,16,18,25,35,37H,6-8,13H2,(H,33,38,39);4-7,9,11,18,28,30-31H,1-3H2,(H,26,32,33);. The highest BCUT2D eigenvalue weighted by atomic mass is 35.6. The molecule has 0 spiro atoms. The number of H-pyrrole nitrogens is 2. The van der Waals surface area contributed by atoms with Gasteiger partial charge < -0.3 is 20.1 Å². The van der Waals surface area contributed by atoms with E-state index >= 15 is 0 Å². The molecule has 442 valence electrons. The van der Waals surface area contributed by atoms with Crippen molar-refractivity contribution in [2.45, 2.75) is 92.1 Å². The third-order valence-electron chi connectivity index (χ3n) is 12.1. The molecule has 7 aromatic rings. The highest BCUT2D eigenvalue weighted by Crippen LogP contribution is 2.35. The minimum atomic E-state index is -4.13. The zero-order chi connectivity index (χ0) is 60.8. The van der Waals surface area contributed by atoms with Crippen molar-refractivity contribution in [1.82, 2.24) is 48.9 Å².